The Hall–Kier alpha value is -0.930. The van der Waals surface area contributed by atoms with E-state index in [1.165, 1.54) is 12.1 Å². The Morgan fingerprint density at radius 2 is 1.88 bits per heavy atom. The standard InChI is InChI=1S/C13H20FNO/c1-10(9-16)8-15-11(2)7-12-3-5-13(14)6-4-12/h3-6,10-11,15-16H,7-9H2,1-2H3. The van der Waals surface area contributed by atoms with Crippen molar-refractivity contribution >= 4 is 0 Å². The Kier molecular flexibility index (Phi) is 5.43. The molecule has 0 heterocycles. The number of aliphatic hydroxyl groups excluding tert-OH is 1. The topological polar surface area (TPSA) is 32.3 Å². The molecule has 2 N–H and O–H groups in total. The summed E-state index contributed by atoms with van der Waals surface area (Å²) in [7, 11) is 0. The molecule has 0 aliphatic rings. The van der Waals surface area contributed by atoms with Crippen molar-refractivity contribution in [2.75, 3.05) is 13.2 Å². The number of benzene rings is 1. The van der Waals surface area contributed by atoms with Gasteiger partial charge in [0.05, 0.1) is 0 Å². The van der Waals surface area contributed by atoms with Gasteiger partial charge in [-0.1, -0.05) is 19.1 Å². The number of hydrogen-bond acceptors (Lipinski definition) is 2. The zero-order valence-electron chi connectivity index (χ0n) is 9.91. The summed E-state index contributed by atoms with van der Waals surface area (Å²) < 4.78 is 12.7. The maximum Gasteiger partial charge on any atom is 0.123 e. The highest BCUT2D eigenvalue weighted by Gasteiger charge is 2.05. The molecule has 2 unspecified atom stereocenters. The summed E-state index contributed by atoms with van der Waals surface area (Å²) in [5, 5.41) is 12.2. The minimum absolute atomic E-state index is 0.196. The lowest BCUT2D eigenvalue weighted by Gasteiger charge is -2.16. The Morgan fingerprint density at radius 1 is 1.25 bits per heavy atom. The first-order valence-corrected chi connectivity index (χ1v) is 5.70. The maximum atomic E-state index is 12.7. The molecule has 0 saturated heterocycles. The van der Waals surface area contributed by atoms with Crippen LogP contribution in [0.2, 0.25) is 0 Å². The summed E-state index contributed by atoms with van der Waals surface area (Å²) in [6.45, 7) is 5.10. The first kappa shape index (κ1) is 13.1. The molecule has 2 nitrogen and oxygen atoms in total. The number of hydrogen-bond donors (Lipinski definition) is 2. The van der Waals surface area contributed by atoms with Gasteiger partial charge >= 0.3 is 0 Å². The van der Waals surface area contributed by atoms with E-state index in [2.05, 4.69) is 12.2 Å². The number of aliphatic hydroxyl groups is 1. The number of nitrogens with one attached hydrogen (secondary N) is 1. The van der Waals surface area contributed by atoms with Gasteiger partial charge in [-0.2, -0.15) is 0 Å². The van der Waals surface area contributed by atoms with E-state index in [4.69, 9.17) is 5.11 Å². The predicted octanol–water partition coefficient (Wildman–Crippen LogP) is 1.97. The lowest BCUT2D eigenvalue weighted by Crippen LogP contribution is -2.32. The zero-order chi connectivity index (χ0) is 12.0. The van der Waals surface area contributed by atoms with Crippen molar-refractivity contribution in [2.45, 2.75) is 26.3 Å². The second kappa shape index (κ2) is 6.61. The van der Waals surface area contributed by atoms with Crippen LogP contribution in [0.5, 0.6) is 0 Å². The molecule has 0 aromatic heterocycles. The summed E-state index contributed by atoms with van der Waals surface area (Å²) >= 11 is 0. The lowest BCUT2D eigenvalue weighted by atomic mass is 10.1. The van der Waals surface area contributed by atoms with Crippen LogP contribution in [-0.4, -0.2) is 24.3 Å². The highest BCUT2D eigenvalue weighted by atomic mass is 19.1. The summed E-state index contributed by atoms with van der Waals surface area (Å²) in [6, 6.07) is 6.92. The molecule has 0 aliphatic heterocycles. The van der Waals surface area contributed by atoms with E-state index in [0.29, 0.717) is 6.04 Å². The molecule has 0 aliphatic carbocycles. The van der Waals surface area contributed by atoms with Gasteiger partial charge in [-0.3, -0.25) is 0 Å². The van der Waals surface area contributed by atoms with Gasteiger partial charge in [-0.15, -0.1) is 0 Å². The highest BCUT2D eigenvalue weighted by Crippen LogP contribution is 2.05. The molecule has 0 saturated carbocycles. The number of rotatable bonds is 6. The third-order valence-corrected chi connectivity index (χ3v) is 2.58. The van der Waals surface area contributed by atoms with Gasteiger partial charge in [0.25, 0.3) is 0 Å². The van der Waals surface area contributed by atoms with E-state index >= 15 is 0 Å². The highest BCUT2D eigenvalue weighted by molar-refractivity contribution is 5.16. The quantitative estimate of drug-likeness (QED) is 0.776. The third kappa shape index (κ3) is 4.73. The molecular weight excluding hydrogens is 205 g/mol. The van der Waals surface area contributed by atoms with E-state index in [9.17, 15) is 4.39 Å². The molecule has 0 bridgehead atoms. The molecule has 90 valence electrons. The van der Waals surface area contributed by atoms with Crippen molar-refractivity contribution in [2.24, 2.45) is 5.92 Å². The fraction of sp³-hybridized carbons (Fsp3) is 0.538. The summed E-state index contributed by atoms with van der Waals surface area (Å²) in [4.78, 5) is 0. The molecule has 0 fully saturated rings. The van der Waals surface area contributed by atoms with E-state index in [1.807, 2.05) is 19.1 Å². The van der Waals surface area contributed by atoms with Crippen molar-refractivity contribution in [1.82, 2.24) is 5.32 Å². The van der Waals surface area contributed by atoms with Crippen LogP contribution in [0, 0.1) is 11.7 Å². The first-order valence-electron chi connectivity index (χ1n) is 5.70. The Labute approximate surface area is 96.5 Å². The predicted molar refractivity (Wildman–Crippen MR) is 63.8 cm³/mol. The van der Waals surface area contributed by atoms with E-state index < -0.39 is 0 Å². The minimum atomic E-state index is -0.196. The minimum Gasteiger partial charge on any atom is -0.396 e. The monoisotopic (exact) mass is 225 g/mol. The van der Waals surface area contributed by atoms with Crippen LogP contribution >= 0.6 is 0 Å². The van der Waals surface area contributed by atoms with Gasteiger partial charge in [0, 0.05) is 19.2 Å². The first-order chi connectivity index (χ1) is 7.61. The molecule has 3 heteroatoms. The molecule has 2 atom stereocenters. The molecule has 1 aromatic carbocycles. The zero-order valence-corrected chi connectivity index (χ0v) is 9.91. The molecule has 1 rings (SSSR count). The van der Waals surface area contributed by atoms with Crippen LogP contribution in [0.25, 0.3) is 0 Å². The summed E-state index contributed by atoms with van der Waals surface area (Å²) in [5.41, 5.74) is 1.12. The average Bonchev–Trinajstić information content (AvgIpc) is 2.29. The molecule has 16 heavy (non-hydrogen) atoms. The van der Waals surface area contributed by atoms with Crippen molar-refractivity contribution < 1.29 is 9.50 Å². The smallest absolute Gasteiger partial charge is 0.123 e. The van der Waals surface area contributed by atoms with Crippen molar-refractivity contribution in [3.05, 3.63) is 35.6 Å². The summed E-state index contributed by atoms with van der Waals surface area (Å²) in [5.74, 6) is 0.0777. The van der Waals surface area contributed by atoms with Crippen LogP contribution in [0.15, 0.2) is 24.3 Å². The average molecular weight is 225 g/mol. The normalized spacial score (nSPS) is 14.8. The van der Waals surface area contributed by atoms with Gasteiger partial charge in [0.2, 0.25) is 0 Å². The molecule has 1 aromatic rings. The summed E-state index contributed by atoms with van der Waals surface area (Å²) in [6.07, 6.45) is 0.873. The van der Waals surface area contributed by atoms with Gasteiger partial charge in [0.1, 0.15) is 5.82 Å². The van der Waals surface area contributed by atoms with E-state index in [1.54, 1.807) is 0 Å². The van der Waals surface area contributed by atoms with Crippen molar-refractivity contribution in [3.8, 4) is 0 Å². The SMILES string of the molecule is CC(CO)CNC(C)Cc1ccc(F)cc1. The Morgan fingerprint density at radius 3 is 2.44 bits per heavy atom. The fourth-order valence-corrected chi connectivity index (χ4v) is 1.51. The van der Waals surface area contributed by atoms with E-state index in [-0.39, 0.29) is 18.3 Å². The Balaban J connectivity index is 2.33. The van der Waals surface area contributed by atoms with Gasteiger partial charge in [-0.25, -0.2) is 4.39 Å². The van der Waals surface area contributed by atoms with Crippen LogP contribution < -0.4 is 5.32 Å². The van der Waals surface area contributed by atoms with Crippen molar-refractivity contribution in [3.63, 3.8) is 0 Å². The Bertz CT molecular complexity index is 299. The second-order valence-corrected chi connectivity index (χ2v) is 4.43. The molecular formula is C13H20FNO. The van der Waals surface area contributed by atoms with Crippen LogP contribution in [-0.2, 0) is 6.42 Å². The maximum absolute atomic E-state index is 12.7. The fourth-order valence-electron chi connectivity index (χ4n) is 1.51. The van der Waals surface area contributed by atoms with Gasteiger partial charge < -0.3 is 10.4 Å². The third-order valence-electron chi connectivity index (χ3n) is 2.58. The van der Waals surface area contributed by atoms with Gasteiger partial charge in [-0.05, 0) is 37.0 Å². The largest absolute Gasteiger partial charge is 0.396 e. The molecule has 0 spiro atoms. The molecule has 0 radical (unpaired) electrons. The van der Waals surface area contributed by atoms with Crippen LogP contribution in [0.3, 0.4) is 0 Å². The van der Waals surface area contributed by atoms with Crippen LogP contribution in [0.4, 0.5) is 4.39 Å². The second-order valence-electron chi connectivity index (χ2n) is 4.43. The van der Waals surface area contributed by atoms with Gasteiger partial charge in [0.15, 0.2) is 0 Å². The van der Waals surface area contributed by atoms with E-state index in [0.717, 1.165) is 18.5 Å². The van der Waals surface area contributed by atoms with Crippen LogP contribution in [0.1, 0.15) is 19.4 Å². The number of halogens is 1. The van der Waals surface area contributed by atoms with Crippen molar-refractivity contribution in [1.29, 1.82) is 0 Å². The lowest BCUT2D eigenvalue weighted by molar-refractivity contribution is 0.230. The molecule has 0 amide bonds.